The largest absolute Gasteiger partial charge is 0.325 e. The first-order valence-electron chi connectivity index (χ1n) is 9.78. The first-order valence-corrected chi connectivity index (χ1v) is 11.3. The molecule has 0 radical (unpaired) electrons. The van der Waals surface area contributed by atoms with Crippen LogP contribution in [0, 0.1) is 10.1 Å². The lowest BCUT2D eigenvalue weighted by Gasteiger charge is -2.18. The van der Waals surface area contributed by atoms with Gasteiger partial charge in [-0.2, -0.15) is 4.72 Å². The van der Waals surface area contributed by atoms with E-state index in [0.29, 0.717) is 24.9 Å². The lowest BCUT2D eigenvalue weighted by atomic mass is 10.1. The molecule has 0 aliphatic heterocycles. The zero-order valence-corrected chi connectivity index (χ0v) is 17.9. The third-order valence-electron chi connectivity index (χ3n) is 4.53. The van der Waals surface area contributed by atoms with Gasteiger partial charge in [0.25, 0.3) is 5.69 Å². The second-order valence-electron chi connectivity index (χ2n) is 6.91. The standard InChI is InChI=1S/C20H24N4O7S/c25-19(22-27)10-6-2-5-9-18(20(26)21-15-7-3-1-4-8-15)23-32(30,31)17-13-11-16(12-14-17)24(28)29/h1,3-4,7-8,11-14,18,23,27H,2,5-6,9-10H2,(H,21,26)(H,22,25)/t18-/m0/s1. The fourth-order valence-electron chi connectivity index (χ4n) is 2.86. The van der Waals surface area contributed by atoms with E-state index in [1.54, 1.807) is 30.3 Å². The molecular weight excluding hydrogens is 440 g/mol. The monoisotopic (exact) mass is 464 g/mol. The summed E-state index contributed by atoms with van der Waals surface area (Å²) >= 11 is 0. The van der Waals surface area contributed by atoms with Crippen LogP contribution in [-0.4, -0.2) is 36.4 Å². The summed E-state index contributed by atoms with van der Waals surface area (Å²) in [5.41, 5.74) is 1.78. The van der Waals surface area contributed by atoms with Crippen molar-refractivity contribution in [3.8, 4) is 0 Å². The van der Waals surface area contributed by atoms with Crippen molar-refractivity contribution in [2.75, 3.05) is 5.32 Å². The number of nitrogens with one attached hydrogen (secondary N) is 3. The highest BCUT2D eigenvalue weighted by atomic mass is 32.2. The fourth-order valence-corrected chi connectivity index (χ4v) is 4.09. The Kier molecular flexibility index (Phi) is 9.25. The summed E-state index contributed by atoms with van der Waals surface area (Å²) in [6, 6.07) is 11.8. The number of nitro groups is 1. The minimum atomic E-state index is -4.13. The lowest BCUT2D eigenvalue weighted by Crippen LogP contribution is -2.43. The molecule has 0 aliphatic carbocycles. The molecule has 0 saturated heterocycles. The SMILES string of the molecule is O=C(CCCCC[C@H](NS(=O)(=O)c1ccc([N+](=O)[O-])cc1)C(=O)Nc1ccccc1)NO. The molecule has 1 atom stereocenters. The number of rotatable bonds is 12. The van der Waals surface area contributed by atoms with Crippen molar-refractivity contribution in [2.45, 2.75) is 43.0 Å². The van der Waals surface area contributed by atoms with Gasteiger partial charge in [-0.1, -0.05) is 31.0 Å². The zero-order valence-electron chi connectivity index (χ0n) is 17.1. The molecule has 2 rings (SSSR count). The van der Waals surface area contributed by atoms with E-state index in [1.165, 1.54) is 5.48 Å². The van der Waals surface area contributed by atoms with Crippen LogP contribution in [-0.2, 0) is 19.6 Å². The van der Waals surface area contributed by atoms with E-state index < -0.39 is 32.8 Å². The Morgan fingerprint density at radius 2 is 1.66 bits per heavy atom. The first kappa shape index (κ1) is 24.9. The molecule has 32 heavy (non-hydrogen) atoms. The highest BCUT2D eigenvalue weighted by Crippen LogP contribution is 2.18. The number of anilines is 1. The van der Waals surface area contributed by atoms with E-state index in [-0.39, 0.29) is 23.4 Å². The fraction of sp³-hybridized carbons (Fsp3) is 0.300. The Bertz CT molecular complexity index is 1030. The number of benzene rings is 2. The molecule has 0 unspecified atom stereocenters. The number of hydrogen-bond donors (Lipinski definition) is 4. The minimum Gasteiger partial charge on any atom is -0.325 e. The highest BCUT2D eigenvalue weighted by Gasteiger charge is 2.26. The first-order chi connectivity index (χ1) is 15.2. The van der Waals surface area contributed by atoms with E-state index in [4.69, 9.17) is 5.21 Å². The number of para-hydroxylation sites is 1. The maximum absolute atomic E-state index is 12.8. The molecule has 0 fully saturated rings. The van der Waals surface area contributed by atoms with Gasteiger partial charge in [-0.25, -0.2) is 13.9 Å². The van der Waals surface area contributed by atoms with Gasteiger partial charge >= 0.3 is 0 Å². The zero-order chi connectivity index (χ0) is 23.6. The van der Waals surface area contributed by atoms with E-state index >= 15 is 0 Å². The van der Waals surface area contributed by atoms with E-state index in [9.17, 15) is 28.1 Å². The van der Waals surface area contributed by atoms with Crippen LogP contribution in [0.15, 0.2) is 59.5 Å². The van der Waals surface area contributed by atoms with Gasteiger partial charge in [0.1, 0.15) is 6.04 Å². The Hall–Kier alpha value is -3.35. The summed E-state index contributed by atoms with van der Waals surface area (Å²) in [6.45, 7) is 0. The van der Waals surface area contributed by atoms with Crippen LogP contribution in [0.5, 0.6) is 0 Å². The van der Waals surface area contributed by atoms with Gasteiger partial charge in [-0.05, 0) is 37.1 Å². The van der Waals surface area contributed by atoms with Crippen molar-refractivity contribution in [1.29, 1.82) is 0 Å². The molecule has 2 aromatic carbocycles. The van der Waals surface area contributed by atoms with Crippen molar-refractivity contribution in [1.82, 2.24) is 10.2 Å². The van der Waals surface area contributed by atoms with Crippen LogP contribution in [0.2, 0.25) is 0 Å². The summed E-state index contributed by atoms with van der Waals surface area (Å²) in [4.78, 5) is 33.8. The van der Waals surface area contributed by atoms with Gasteiger partial charge in [0.15, 0.2) is 0 Å². The van der Waals surface area contributed by atoms with E-state index in [1.807, 2.05) is 0 Å². The maximum Gasteiger partial charge on any atom is 0.269 e. The van der Waals surface area contributed by atoms with Crippen molar-refractivity contribution in [2.24, 2.45) is 0 Å². The molecule has 4 N–H and O–H groups in total. The van der Waals surface area contributed by atoms with Crippen LogP contribution in [0.25, 0.3) is 0 Å². The van der Waals surface area contributed by atoms with Crippen molar-refractivity contribution < 1.29 is 28.1 Å². The summed E-state index contributed by atoms with van der Waals surface area (Å²) in [6.07, 6.45) is 1.68. The van der Waals surface area contributed by atoms with Gasteiger partial charge in [-0.15, -0.1) is 0 Å². The number of sulfonamides is 1. The van der Waals surface area contributed by atoms with Crippen LogP contribution in [0.3, 0.4) is 0 Å². The lowest BCUT2D eigenvalue weighted by molar-refractivity contribution is -0.384. The van der Waals surface area contributed by atoms with Crippen molar-refractivity contribution in [3.05, 3.63) is 64.7 Å². The number of amides is 2. The Balaban J connectivity index is 2.10. The van der Waals surface area contributed by atoms with Gasteiger partial charge in [0.05, 0.1) is 9.82 Å². The van der Waals surface area contributed by atoms with Crippen LogP contribution < -0.4 is 15.5 Å². The maximum atomic E-state index is 12.8. The summed E-state index contributed by atoms with van der Waals surface area (Å²) in [7, 11) is -4.13. The van der Waals surface area contributed by atoms with Crippen molar-refractivity contribution >= 4 is 33.2 Å². The number of nitro benzene ring substituents is 1. The molecule has 11 nitrogen and oxygen atoms in total. The normalized spacial score (nSPS) is 12.0. The van der Waals surface area contributed by atoms with Gasteiger partial charge in [-0.3, -0.25) is 24.9 Å². The molecular formula is C20H24N4O7S. The Labute approximate surface area is 185 Å². The summed E-state index contributed by atoms with van der Waals surface area (Å²) < 4.78 is 27.9. The number of carbonyl (C=O) groups is 2. The van der Waals surface area contributed by atoms with Crippen LogP contribution in [0.4, 0.5) is 11.4 Å². The van der Waals surface area contributed by atoms with Gasteiger partial charge in [0.2, 0.25) is 21.8 Å². The van der Waals surface area contributed by atoms with Crippen LogP contribution >= 0.6 is 0 Å². The second-order valence-corrected chi connectivity index (χ2v) is 8.63. The Morgan fingerprint density at radius 1 is 1.00 bits per heavy atom. The molecule has 0 aliphatic rings. The molecule has 0 saturated carbocycles. The highest BCUT2D eigenvalue weighted by molar-refractivity contribution is 7.89. The minimum absolute atomic E-state index is 0.103. The summed E-state index contributed by atoms with van der Waals surface area (Å²) in [5.74, 6) is -1.09. The number of hydrogen-bond acceptors (Lipinski definition) is 7. The number of hydroxylamine groups is 1. The smallest absolute Gasteiger partial charge is 0.269 e. The predicted molar refractivity (Wildman–Crippen MR) is 115 cm³/mol. The number of nitrogens with zero attached hydrogens (tertiary/aromatic N) is 1. The number of non-ortho nitro benzene ring substituents is 1. The molecule has 0 bridgehead atoms. The topological polar surface area (TPSA) is 168 Å². The third kappa shape index (κ3) is 7.72. The second kappa shape index (κ2) is 11.9. The van der Waals surface area contributed by atoms with Gasteiger partial charge < -0.3 is 5.32 Å². The van der Waals surface area contributed by atoms with E-state index in [0.717, 1.165) is 24.3 Å². The predicted octanol–water partition coefficient (Wildman–Crippen LogP) is 2.34. The summed E-state index contributed by atoms with van der Waals surface area (Å²) in [5, 5.41) is 21.9. The quantitative estimate of drug-likeness (QED) is 0.162. The third-order valence-corrected chi connectivity index (χ3v) is 6.02. The average Bonchev–Trinajstić information content (AvgIpc) is 2.78. The molecule has 2 aromatic rings. The van der Waals surface area contributed by atoms with Crippen molar-refractivity contribution in [3.63, 3.8) is 0 Å². The molecule has 172 valence electrons. The van der Waals surface area contributed by atoms with Crippen LogP contribution in [0.1, 0.15) is 32.1 Å². The molecule has 2 amide bonds. The Morgan fingerprint density at radius 3 is 2.25 bits per heavy atom. The van der Waals surface area contributed by atoms with Gasteiger partial charge in [0, 0.05) is 24.2 Å². The van der Waals surface area contributed by atoms with E-state index in [2.05, 4.69) is 10.0 Å². The molecule has 12 heteroatoms. The number of carbonyl (C=O) groups excluding carboxylic acids is 2. The molecule has 0 aromatic heterocycles. The molecule has 0 spiro atoms. The molecule has 0 heterocycles. The number of unbranched alkanes of at least 4 members (excludes halogenated alkanes) is 2. The average molecular weight is 465 g/mol.